The highest BCUT2D eigenvalue weighted by Crippen LogP contribution is 2.25. The number of carbonyl (C=O) groups is 3. The van der Waals surface area contributed by atoms with Gasteiger partial charge in [0.25, 0.3) is 5.91 Å². The average molecular weight is 470 g/mol. The van der Waals surface area contributed by atoms with E-state index < -0.39 is 0 Å². The summed E-state index contributed by atoms with van der Waals surface area (Å²) >= 11 is 1.36. The predicted octanol–water partition coefficient (Wildman–Crippen LogP) is 4.31. The zero-order chi connectivity index (χ0) is 23.5. The molecule has 0 atom stereocenters. The van der Waals surface area contributed by atoms with Crippen LogP contribution in [0, 0.1) is 5.92 Å². The first-order chi connectivity index (χ1) is 16.0. The van der Waals surface area contributed by atoms with Crippen LogP contribution in [0.25, 0.3) is 0 Å². The van der Waals surface area contributed by atoms with Crippen molar-refractivity contribution in [2.75, 3.05) is 36.6 Å². The molecule has 0 radical (unpaired) electrons. The molecule has 2 aromatic rings. The molecule has 0 bridgehead atoms. The van der Waals surface area contributed by atoms with Crippen LogP contribution in [0.5, 0.6) is 0 Å². The van der Waals surface area contributed by atoms with Gasteiger partial charge in [-0.25, -0.2) is 0 Å². The van der Waals surface area contributed by atoms with Crippen LogP contribution >= 0.6 is 11.8 Å². The van der Waals surface area contributed by atoms with Gasteiger partial charge in [0.15, 0.2) is 0 Å². The molecule has 3 rings (SSSR count). The smallest absolute Gasteiger partial charge is 0.256 e. The Morgan fingerprint density at radius 3 is 2.27 bits per heavy atom. The molecule has 3 amide bonds. The Balaban J connectivity index is 1.51. The molecule has 0 spiro atoms. The van der Waals surface area contributed by atoms with Crippen LogP contribution in [0.1, 0.15) is 42.5 Å². The summed E-state index contributed by atoms with van der Waals surface area (Å²) in [5.74, 6) is 0.351. The van der Waals surface area contributed by atoms with Gasteiger partial charge in [0.05, 0.1) is 11.3 Å². The molecule has 2 aromatic carbocycles. The highest BCUT2D eigenvalue weighted by molar-refractivity contribution is 8.00. The second-order valence-electron chi connectivity index (χ2n) is 8.11. The highest BCUT2D eigenvalue weighted by atomic mass is 32.2. The summed E-state index contributed by atoms with van der Waals surface area (Å²) in [7, 11) is 1.46. The second-order valence-corrected chi connectivity index (χ2v) is 9.12. The molecule has 0 saturated heterocycles. The van der Waals surface area contributed by atoms with Crippen molar-refractivity contribution in [2.45, 2.75) is 37.0 Å². The van der Waals surface area contributed by atoms with Gasteiger partial charge in [0, 0.05) is 29.9 Å². The summed E-state index contributed by atoms with van der Waals surface area (Å²) in [6.07, 6.45) is 6.19. The fourth-order valence-electron chi connectivity index (χ4n) is 3.79. The number of ether oxygens (including phenoxy) is 1. The Kier molecular flexibility index (Phi) is 9.77. The van der Waals surface area contributed by atoms with Crippen LogP contribution in [-0.2, 0) is 14.3 Å². The number of hydrogen-bond acceptors (Lipinski definition) is 5. The second kappa shape index (κ2) is 13.0. The van der Waals surface area contributed by atoms with E-state index in [9.17, 15) is 14.4 Å². The van der Waals surface area contributed by atoms with Crippen LogP contribution in [0.3, 0.4) is 0 Å². The number of nitrogens with one attached hydrogen (secondary N) is 3. The Bertz CT molecular complexity index is 943. The number of rotatable bonds is 10. The lowest BCUT2D eigenvalue weighted by Gasteiger charge is -2.21. The van der Waals surface area contributed by atoms with Crippen molar-refractivity contribution in [3.8, 4) is 0 Å². The van der Waals surface area contributed by atoms with E-state index in [0.717, 1.165) is 11.4 Å². The van der Waals surface area contributed by atoms with Crippen LogP contribution in [0.15, 0.2) is 53.4 Å². The standard InChI is InChI=1S/C25H31N3O4S/c1-32-16-23(29)27-19-11-13-20(14-12-19)28-25(31)21-9-5-6-10-22(21)33-17-24(30)26-15-18-7-3-2-4-8-18/h5-6,9-14,18H,2-4,7-8,15-17H2,1H3,(H,26,30)(H,27,29)(H,28,31). The van der Waals surface area contributed by atoms with Gasteiger partial charge in [0.2, 0.25) is 11.8 Å². The number of benzene rings is 2. The van der Waals surface area contributed by atoms with Crippen molar-refractivity contribution in [1.82, 2.24) is 5.32 Å². The number of thioether (sulfide) groups is 1. The summed E-state index contributed by atoms with van der Waals surface area (Å²) in [5.41, 5.74) is 1.74. The van der Waals surface area contributed by atoms with Crippen molar-refractivity contribution in [1.29, 1.82) is 0 Å². The van der Waals surface area contributed by atoms with E-state index >= 15 is 0 Å². The van der Waals surface area contributed by atoms with E-state index in [-0.39, 0.29) is 30.1 Å². The molecule has 7 nitrogen and oxygen atoms in total. The summed E-state index contributed by atoms with van der Waals surface area (Å²) in [4.78, 5) is 37.5. The molecule has 33 heavy (non-hydrogen) atoms. The number of carbonyl (C=O) groups excluding carboxylic acids is 3. The predicted molar refractivity (Wildman–Crippen MR) is 132 cm³/mol. The fourth-order valence-corrected chi connectivity index (χ4v) is 4.67. The third kappa shape index (κ3) is 8.22. The van der Waals surface area contributed by atoms with E-state index in [1.54, 1.807) is 36.4 Å². The molecule has 0 aliphatic heterocycles. The first-order valence-electron chi connectivity index (χ1n) is 11.2. The van der Waals surface area contributed by atoms with Gasteiger partial charge in [-0.1, -0.05) is 31.4 Å². The lowest BCUT2D eigenvalue weighted by molar-refractivity contribution is -0.120. The third-order valence-electron chi connectivity index (χ3n) is 5.51. The van der Waals surface area contributed by atoms with Gasteiger partial charge in [-0.05, 0) is 55.2 Å². The molecule has 1 fully saturated rings. The largest absolute Gasteiger partial charge is 0.375 e. The Labute approximate surface area is 199 Å². The minimum absolute atomic E-state index is 0.00751. The average Bonchev–Trinajstić information content (AvgIpc) is 2.83. The van der Waals surface area contributed by atoms with Crippen LogP contribution < -0.4 is 16.0 Å². The monoisotopic (exact) mass is 469 g/mol. The molecule has 1 aliphatic rings. The Morgan fingerprint density at radius 2 is 1.58 bits per heavy atom. The molecule has 1 saturated carbocycles. The van der Waals surface area contributed by atoms with Gasteiger partial charge < -0.3 is 20.7 Å². The molecule has 176 valence electrons. The lowest BCUT2D eigenvalue weighted by Crippen LogP contribution is -2.31. The fraction of sp³-hybridized carbons (Fsp3) is 0.400. The maximum absolute atomic E-state index is 12.8. The molecule has 1 aliphatic carbocycles. The van der Waals surface area contributed by atoms with Crippen molar-refractivity contribution < 1.29 is 19.1 Å². The SMILES string of the molecule is COCC(=O)Nc1ccc(NC(=O)c2ccccc2SCC(=O)NCC2CCCCC2)cc1. The van der Waals surface area contributed by atoms with Crippen molar-refractivity contribution in [3.05, 3.63) is 54.1 Å². The van der Waals surface area contributed by atoms with E-state index in [1.807, 2.05) is 12.1 Å². The molecule has 3 N–H and O–H groups in total. The molecule has 0 aromatic heterocycles. The topological polar surface area (TPSA) is 96.5 Å². The first-order valence-corrected chi connectivity index (χ1v) is 12.2. The van der Waals surface area contributed by atoms with Crippen LogP contribution in [0.4, 0.5) is 11.4 Å². The summed E-state index contributed by atoms with van der Waals surface area (Å²) in [6, 6.07) is 14.1. The van der Waals surface area contributed by atoms with E-state index in [1.165, 1.54) is 51.0 Å². The quantitative estimate of drug-likeness (QED) is 0.451. The minimum Gasteiger partial charge on any atom is -0.375 e. The van der Waals surface area contributed by atoms with Crippen LogP contribution in [0.2, 0.25) is 0 Å². The Morgan fingerprint density at radius 1 is 0.909 bits per heavy atom. The molecule has 0 heterocycles. The first kappa shape index (κ1) is 24.8. The van der Waals surface area contributed by atoms with Crippen LogP contribution in [-0.4, -0.2) is 43.7 Å². The van der Waals surface area contributed by atoms with Crippen molar-refractivity contribution in [2.24, 2.45) is 5.92 Å². The van der Waals surface area contributed by atoms with E-state index in [0.29, 0.717) is 22.9 Å². The highest BCUT2D eigenvalue weighted by Gasteiger charge is 2.16. The maximum atomic E-state index is 12.8. The van der Waals surface area contributed by atoms with E-state index in [4.69, 9.17) is 4.74 Å². The minimum atomic E-state index is -0.253. The van der Waals surface area contributed by atoms with Gasteiger partial charge in [-0.2, -0.15) is 0 Å². The van der Waals surface area contributed by atoms with Gasteiger partial charge in [-0.15, -0.1) is 11.8 Å². The molecule has 8 heteroatoms. The number of amides is 3. The van der Waals surface area contributed by atoms with E-state index in [2.05, 4.69) is 16.0 Å². The Hall–Kier alpha value is -2.84. The lowest BCUT2D eigenvalue weighted by atomic mass is 9.89. The summed E-state index contributed by atoms with van der Waals surface area (Å²) in [5, 5.41) is 8.61. The maximum Gasteiger partial charge on any atom is 0.256 e. The molecule has 0 unspecified atom stereocenters. The van der Waals surface area contributed by atoms with Crippen molar-refractivity contribution in [3.63, 3.8) is 0 Å². The van der Waals surface area contributed by atoms with Gasteiger partial charge >= 0.3 is 0 Å². The number of methoxy groups -OCH3 is 1. The molecular formula is C25H31N3O4S. The zero-order valence-electron chi connectivity index (χ0n) is 18.9. The van der Waals surface area contributed by atoms with Crippen molar-refractivity contribution >= 4 is 40.9 Å². The zero-order valence-corrected chi connectivity index (χ0v) is 19.7. The number of hydrogen-bond donors (Lipinski definition) is 3. The summed E-state index contributed by atoms with van der Waals surface area (Å²) in [6.45, 7) is 0.717. The normalized spacial score (nSPS) is 13.8. The number of anilines is 2. The summed E-state index contributed by atoms with van der Waals surface area (Å²) < 4.78 is 4.79. The van der Waals surface area contributed by atoms with Gasteiger partial charge in [-0.3, -0.25) is 14.4 Å². The third-order valence-corrected chi connectivity index (χ3v) is 6.58. The molecular weight excluding hydrogens is 438 g/mol. The van der Waals surface area contributed by atoms with Gasteiger partial charge in [0.1, 0.15) is 6.61 Å².